The second-order valence-electron chi connectivity index (χ2n) is 4.94. The summed E-state index contributed by atoms with van der Waals surface area (Å²) in [5, 5.41) is 1.09. The van der Waals surface area contributed by atoms with Crippen molar-refractivity contribution in [2.24, 2.45) is 0 Å². The number of anilines is 2. The molecule has 0 saturated heterocycles. The molecule has 1 aliphatic heterocycles. The molecule has 1 aliphatic rings. The summed E-state index contributed by atoms with van der Waals surface area (Å²) in [6.45, 7) is 1.03. The van der Waals surface area contributed by atoms with Gasteiger partial charge >= 0.3 is 0 Å². The molecule has 0 bridgehead atoms. The molecule has 3 rings (SSSR count). The third kappa shape index (κ3) is 2.68. The summed E-state index contributed by atoms with van der Waals surface area (Å²) in [6, 6.07) is 16.5. The van der Waals surface area contributed by atoms with Gasteiger partial charge in [0.2, 0.25) is 0 Å². The third-order valence-corrected chi connectivity index (χ3v) is 4.11. The maximum atomic E-state index is 5.99. The van der Waals surface area contributed by atoms with Gasteiger partial charge in [-0.3, -0.25) is 0 Å². The number of ether oxygens (including phenoxy) is 1. The lowest BCUT2D eigenvalue weighted by Crippen LogP contribution is -2.22. The van der Waals surface area contributed by atoms with Crippen LogP contribution in [0.5, 0.6) is 11.5 Å². The van der Waals surface area contributed by atoms with Gasteiger partial charge in [0.1, 0.15) is 0 Å². The minimum absolute atomic E-state index is 0.951. The van der Waals surface area contributed by atoms with Crippen molar-refractivity contribution in [2.45, 2.75) is 19.3 Å². The summed E-state index contributed by atoms with van der Waals surface area (Å²) >= 11 is 3.49. The van der Waals surface area contributed by atoms with E-state index in [-0.39, 0.29) is 0 Å². The van der Waals surface area contributed by atoms with E-state index in [0.717, 1.165) is 23.4 Å². The highest BCUT2D eigenvalue weighted by molar-refractivity contribution is 9.09. The Balaban J connectivity index is 1.87. The molecule has 0 amide bonds. The zero-order chi connectivity index (χ0) is 13.8. The Morgan fingerprint density at radius 2 is 1.40 bits per heavy atom. The fourth-order valence-corrected chi connectivity index (χ4v) is 2.96. The van der Waals surface area contributed by atoms with Gasteiger partial charge in [0.15, 0.2) is 11.5 Å². The number of nitrogens with zero attached hydrogens (tertiary/aromatic N) is 1. The van der Waals surface area contributed by atoms with Crippen LogP contribution in [0.15, 0.2) is 48.5 Å². The number of hydrogen-bond donors (Lipinski definition) is 0. The van der Waals surface area contributed by atoms with Crippen LogP contribution >= 0.6 is 15.9 Å². The van der Waals surface area contributed by atoms with Gasteiger partial charge in [0, 0.05) is 11.9 Å². The maximum Gasteiger partial charge on any atom is 0.151 e. The molecule has 0 spiro atoms. The number of hydrogen-bond acceptors (Lipinski definition) is 2. The lowest BCUT2D eigenvalue weighted by molar-refractivity contribution is 0.472. The quantitative estimate of drug-likeness (QED) is 0.530. The molecule has 20 heavy (non-hydrogen) atoms. The van der Waals surface area contributed by atoms with Crippen LogP contribution in [0.3, 0.4) is 0 Å². The van der Waals surface area contributed by atoms with Crippen molar-refractivity contribution < 1.29 is 4.74 Å². The number of para-hydroxylation sites is 4. The van der Waals surface area contributed by atoms with Crippen molar-refractivity contribution in [3.8, 4) is 11.5 Å². The first kappa shape index (κ1) is 13.5. The SMILES string of the molecule is BrCCCCCN1c2ccccc2Oc2ccccc21. The molecule has 104 valence electrons. The van der Waals surface area contributed by atoms with Crippen molar-refractivity contribution in [3.05, 3.63) is 48.5 Å². The summed E-state index contributed by atoms with van der Waals surface area (Å²) < 4.78 is 5.99. The summed E-state index contributed by atoms with van der Waals surface area (Å²) in [4.78, 5) is 2.38. The van der Waals surface area contributed by atoms with Crippen molar-refractivity contribution in [2.75, 3.05) is 16.8 Å². The second kappa shape index (κ2) is 6.31. The zero-order valence-electron chi connectivity index (χ0n) is 11.4. The normalized spacial score (nSPS) is 12.6. The summed E-state index contributed by atoms with van der Waals surface area (Å²) in [5.74, 6) is 1.90. The van der Waals surface area contributed by atoms with Crippen LogP contribution in [0.4, 0.5) is 11.4 Å². The number of benzene rings is 2. The molecule has 0 N–H and O–H groups in total. The minimum atomic E-state index is 0.951. The Morgan fingerprint density at radius 3 is 2.00 bits per heavy atom. The van der Waals surface area contributed by atoms with Gasteiger partial charge in [-0.1, -0.05) is 46.6 Å². The molecule has 1 heterocycles. The molecule has 0 unspecified atom stereocenters. The molecule has 2 nitrogen and oxygen atoms in total. The number of rotatable bonds is 5. The third-order valence-electron chi connectivity index (χ3n) is 3.55. The highest BCUT2D eigenvalue weighted by atomic mass is 79.9. The van der Waals surface area contributed by atoms with Crippen LogP contribution in [-0.2, 0) is 0 Å². The molecule has 0 radical (unpaired) electrons. The molecule has 0 atom stereocenters. The predicted molar refractivity (Wildman–Crippen MR) is 87.6 cm³/mol. The topological polar surface area (TPSA) is 12.5 Å². The summed E-state index contributed by atoms with van der Waals surface area (Å²) in [6.07, 6.45) is 3.66. The fourth-order valence-electron chi connectivity index (χ4n) is 2.56. The van der Waals surface area contributed by atoms with E-state index >= 15 is 0 Å². The van der Waals surface area contributed by atoms with E-state index < -0.39 is 0 Å². The molecule has 0 saturated carbocycles. The maximum absolute atomic E-state index is 5.99. The van der Waals surface area contributed by atoms with E-state index in [0.29, 0.717) is 0 Å². The van der Waals surface area contributed by atoms with Crippen LogP contribution in [-0.4, -0.2) is 11.9 Å². The van der Waals surface area contributed by atoms with E-state index in [1.807, 2.05) is 24.3 Å². The van der Waals surface area contributed by atoms with Gasteiger partial charge in [-0.15, -0.1) is 0 Å². The Kier molecular flexibility index (Phi) is 4.26. The fraction of sp³-hybridized carbons (Fsp3) is 0.294. The summed E-state index contributed by atoms with van der Waals surface area (Å²) in [5.41, 5.74) is 2.34. The van der Waals surface area contributed by atoms with E-state index in [1.165, 1.54) is 30.6 Å². The monoisotopic (exact) mass is 331 g/mol. The number of unbranched alkanes of at least 4 members (excludes halogenated alkanes) is 2. The first-order valence-electron chi connectivity index (χ1n) is 7.09. The van der Waals surface area contributed by atoms with E-state index in [4.69, 9.17) is 4.74 Å². The van der Waals surface area contributed by atoms with Crippen LogP contribution < -0.4 is 9.64 Å². The van der Waals surface area contributed by atoms with Crippen LogP contribution in [0.2, 0.25) is 0 Å². The van der Waals surface area contributed by atoms with Crippen LogP contribution in [0, 0.1) is 0 Å². The van der Waals surface area contributed by atoms with Crippen molar-refractivity contribution >= 4 is 27.3 Å². The van der Waals surface area contributed by atoms with Gasteiger partial charge in [-0.25, -0.2) is 0 Å². The number of alkyl halides is 1. The highest BCUT2D eigenvalue weighted by Crippen LogP contribution is 2.46. The molecule has 0 aromatic heterocycles. The van der Waals surface area contributed by atoms with Crippen molar-refractivity contribution in [1.29, 1.82) is 0 Å². The predicted octanol–water partition coefficient (Wildman–Crippen LogP) is 5.50. The average Bonchev–Trinajstić information content (AvgIpc) is 2.50. The average molecular weight is 332 g/mol. The van der Waals surface area contributed by atoms with Gasteiger partial charge in [0.25, 0.3) is 0 Å². The number of halogens is 1. The smallest absolute Gasteiger partial charge is 0.151 e. The van der Waals surface area contributed by atoms with E-state index in [9.17, 15) is 0 Å². The first-order valence-corrected chi connectivity index (χ1v) is 8.22. The van der Waals surface area contributed by atoms with Gasteiger partial charge in [-0.2, -0.15) is 0 Å². The Bertz CT molecular complexity index is 539. The van der Waals surface area contributed by atoms with Crippen LogP contribution in [0.1, 0.15) is 19.3 Å². The Morgan fingerprint density at radius 1 is 0.800 bits per heavy atom. The Labute approximate surface area is 128 Å². The zero-order valence-corrected chi connectivity index (χ0v) is 13.0. The minimum Gasteiger partial charge on any atom is -0.453 e. The highest BCUT2D eigenvalue weighted by Gasteiger charge is 2.22. The van der Waals surface area contributed by atoms with Gasteiger partial charge in [-0.05, 0) is 37.1 Å². The molecule has 0 fully saturated rings. The number of fused-ring (bicyclic) bond motifs is 2. The van der Waals surface area contributed by atoms with E-state index in [1.54, 1.807) is 0 Å². The largest absolute Gasteiger partial charge is 0.453 e. The van der Waals surface area contributed by atoms with Crippen molar-refractivity contribution in [1.82, 2.24) is 0 Å². The van der Waals surface area contributed by atoms with Gasteiger partial charge in [0.05, 0.1) is 11.4 Å². The molecule has 2 aromatic rings. The molecular formula is C17H18BrNO. The molecule has 3 heteroatoms. The van der Waals surface area contributed by atoms with Gasteiger partial charge < -0.3 is 9.64 Å². The van der Waals surface area contributed by atoms with Crippen LogP contribution in [0.25, 0.3) is 0 Å². The lowest BCUT2D eigenvalue weighted by Gasteiger charge is -2.32. The first-order chi connectivity index (χ1) is 9.90. The standard InChI is InChI=1S/C17H18BrNO/c18-12-6-1-7-13-19-14-8-2-4-10-16(14)20-17-11-5-3-9-15(17)19/h2-5,8-11H,1,6-7,12-13H2. The second-order valence-corrected chi connectivity index (χ2v) is 5.73. The molecule has 2 aromatic carbocycles. The lowest BCUT2D eigenvalue weighted by atomic mass is 10.1. The van der Waals surface area contributed by atoms with Crippen molar-refractivity contribution in [3.63, 3.8) is 0 Å². The Hall–Kier alpha value is -1.48. The van der Waals surface area contributed by atoms with E-state index in [2.05, 4.69) is 45.1 Å². The summed E-state index contributed by atoms with van der Waals surface area (Å²) in [7, 11) is 0. The molecule has 0 aliphatic carbocycles. The molecular weight excluding hydrogens is 314 g/mol.